The Morgan fingerprint density at radius 1 is 1.28 bits per heavy atom. The third-order valence-electron chi connectivity index (χ3n) is 4.13. The number of hydrogen-bond donors (Lipinski definition) is 1. The number of likely N-dealkylation sites (tertiary alicyclic amines) is 1. The van der Waals surface area contributed by atoms with E-state index in [1.165, 1.54) is 12.1 Å². The predicted octanol–water partition coefficient (Wildman–Crippen LogP) is 2.82. The van der Waals surface area contributed by atoms with Crippen molar-refractivity contribution in [2.45, 2.75) is 13.0 Å². The van der Waals surface area contributed by atoms with E-state index in [0.717, 1.165) is 5.56 Å². The van der Waals surface area contributed by atoms with Gasteiger partial charge in [-0.05, 0) is 29.8 Å². The van der Waals surface area contributed by atoms with Crippen molar-refractivity contribution in [1.29, 1.82) is 0 Å². The minimum Gasteiger partial charge on any atom is -0.489 e. The van der Waals surface area contributed by atoms with Crippen LogP contribution in [0.1, 0.15) is 12.0 Å². The largest absolute Gasteiger partial charge is 0.489 e. The summed E-state index contributed by atoms with van der Waals surface area (Å²) in [4.78, 5) is 25.4. The lowest BCUT2D eigenvalue weighted by Crippen LogP contribution is -2.25. The summed E-state index contributed by atoms with van der Waals surface area (Å²) in [5, 5.41) is 2.82. The van der Waals surface area contributed by atoms with Gasteiger partial charge in [-0.2, -0.15) is 0 Å². The van der Waals surface area contributed by atoms with Crippen molar-refractivity contribution in [3.63, 3.8) is 0 Å². The van der Waals surface area contributed by atoms with Crippen molar-refractivity contribution in [2.24, 2.45) is 5.92 Å². The average molecular weight is 342 g/mol. The molecule has 6 heteroatoms. The summed E-state index contributed by atoms with van der Waals surface area (Å²) in [6, 6.07) is 13.1. The quantitative estimate of drug-likeness (QED) is 0.909. The first-order valence-electron chi connectivity index (χ1n) is 8.03. The molecule has 3 rings (SSSR count). The molecule has 0 bridgehead atoms. The number of carbonyl (C=O) groups excluding carboxylic acids is 2. The fourth-order valence-electron chi connectivity index (χ4n) is 2.69. The Morgan fingerprint density at radius 2 is 2.04 bits per heavy atom. The van der Waals surface area contributed by atoms with Crippen LogP contribution in [0.25, 0.3) is 0 Å². The Balaban J connectivity index is 1.58. The second-order valence-corrected chi connectivity index (χ2v) is 6.11. The molecule has 25 heavy (non-hydrogen) atoms. The van der Waals surface area contributed by atoms with Crippen LogP contribution in [-0.2, 0) is 16.2 Å². The van der Waals surface area contributed by atoms with Gasteiger partial charge in [0, 0.05) is 31.8 Å². The zero-order valence-electron chi connectivity index (χ0n) is 13.9. The minimum atomic E-state index is -0.332. The maximum Gasteiger partial charge on any atom is 0.229 e. The Bertz CT molecular complexity index is 776. The number of nitrogens with one attached hydrogen (secondary N) is 1. The molecule has 130 valence electrons. The molecule has 1 aliphatic heterocycles. The lowest BCUT2D eigenvalue weighted by molar-refractivity contribution is -0.127. The van der Waals surface area contributed by atoms with Gasteiger partial charge in [0.2, 0.25) is 11.8 Å². The lowest BCUT2D eigenvalue weighted by Gasteiger charge is -2.12. The number of amides is 2. The predicted molar refractivity (Wildman–Crippen MR) is 91.5 cm³/mol. The summed E-state index contributed by atoms with van der Waals surface area (Å²) in [5.41, 5.74) is 1.46. The van der Waals surface area contributed by atoms with Crippen LogP contribution in [0.3, 0.4) is 0 Å². The zero-order valence-corrected chi connectivity index (χ0v) is 13.9. The summed E-state index contributed by atoms with van der Waals surface area (Å²) in [6.07, 6.45) is 0.239. The average Bonchev–Trinajstić information content (AvgIpc) is 2.94. The highest BCUT2D eigenvalue weighted by Gasteiger charge is 2.32. The molecule has 0 spiro atoms. The number of ether oxygens (including phenoxy) is 1. The van der Waals surface area contributed by atoms with Crippen molar-refractivity contribution in [3.8, 4) is 5.75 Å². The van der Waals surface area contributed by atoms with Crippen LogP contribution in [0.15, 0.2) is 48.5 Å². The number of anilines is 1. The van der Waals surface area contributed by atoms with Crippen molar-refractivity contribution < 1.29 is 18.7 Å². The Kier molecular flexibility index (Phi) is 4.97. The standard InChI is InChI=1S/C19H19FN2O3/c1-22-11-14(9-18(22)23)19(24)21-16-3-2-4-17(10-16)25-12-13-5-7-15(20)8-6-13/h2-8,10,14H,9,11-12H2,1H3,(H,21,24). The first kappa shape index (κ1) is 17.0. The van der Waals surface area contributed by atoms with Gasteiger partial charge in [-0.3, -0.25) is 9.59 Å². The zero-order chi connectivity index (χ0) is 17.8. The molecule has 1 atom stereocenters. The molecule has 0 aromatic heterocycles. The lowest BCUT2D eigenvalue weighted by atomic mass is 10.1. The molecule has 0 saturated carbocycles. The molecule has 2 amide bonds. The Labute approximate surface area is 145 Å². The fourth-order valence-corrected chi connectivity index (χ4v) is 2.69. The normalized spacial score (nSPS) is 16.8. The number of carbonyl (C=O) groups is 2. The number of benzene rings is 2. The summed E-state index contributed by atoms with van der Waals surface area (Å²) >= 11 is 0. The van der Waals surface area contributed by atoms with Crippen LogP contribution >= 0.6 is 0 Å². The number of rotatable bonds is 5. The summed E-state index contributed by atoms with van der Waals surface area (Å²) in [7, 11) is 1.69. The fraction of sp³-hybridized carbons (Fsp3) is 0.263. The van der Waals surface area contributed by atoms with Crippen LogP contribution < -0.4 is 10.1 Å². The molecule has 0 radical (unpaired) electrons. The van der Waals surface area contributed by atoms with Gasteiger partial charge in [-0.1, -0.05) is 18.2 Å². The van der Waals surface area contributed by atoms with Crippen molar-refractivity contribution >= 4 is 17.5 Å². The highest BCUT2D eigenvalue weighted by molar-refractivity contribution is 5.97. The molecule has 5 nitrogen and oxygen atoms in total. The molecular formula is C19H19FN2O3. The monoisotopic (exact) mass is 342 g/mol. The van der Waals surface area contributed by atoms with Gasteiger partial charge in [0.15, 0.2) is 0 Å². The van der Waals surface area contributed by atoms with Crippen molar-refractivity contribution in [1.82, 2.24) is 4.90 Å². The van der Waals surface area contributed by atoms with Crippen LogP contribution in [0.5, 0.6) is 5.75 Å². The van der Waals surface area contributed by atoms with E-state index >= 15 is 0 Å². The first-order valence-corrected chi connectivity index (χ1v) is 8.03. The maximum atomic E-state index is 12.9. The van der Waals surface area contributed by atoms with E-state index in [-0.39, 0.29) is 30.0 Å². The van der Waals surface area contributed by atoms with E-state index in [1.807, 2.05) is 0 Å². The number of nitrogens with zero attached hydrogens (tertiary/aromatic N) is 1. The van der Waals surface area contributed by atoms with E-state index in [9.17, 15) is 14.0 Å². The highest BCUT2D eigenvalue weighted by Crippen LogP contribution is 2.22. The van der Waals surface area contributed by atoms with E-state index in [1.54, 1.807) is 48.3 Å². The second-order valence-electron chi connectivity index (χ2n) is 6.11. The van der Waals surface area contributed by atoms with Gasteiger partial charge >= 0.3 is 0 Å². The van der Waals surface area contributed by atoms with Gasteiger partial charge < -0.3 is 15.0 Å². The molecule has 1 N–H and O–H groups in total. The summed E-state index contributed by atoms with van der Waals surface area (Å²) in [5.74, 6) is -0.211. The number of halogens is 1. The topological polar surface area (TPSA) is 58.6 Å². The Morgan fingerprint density at radius 3 is 2.72 bits per heavy atom. The minimum absolute atomic E-state index is 0.0171. The SMILES string of the molecule is CN1CC(C(=O)Nc2cccc(OCc3ccc(F)cc3)c2)CC1=O. The van der Waals surface area contributed by atoms with Crippen LogP contribution in [0, 0.1) is 11.7 Å². The van der Waals surface area contributed by atoms with Gasteiger partial charge in [0.1, 0.15) is 18.2 Å². The van der Waals surface area contributed by atoms with Crippen molar-refractivity contribution in [3.05, 3.63) is 59.9 Å². The van der Waals surface area contributed by atoms with Gasteiger partial charge in [-0.25, -0.2) is 4.39 Å². The first-order chi connectivity index (χ1) is 12.0. The molecular weight excluding hydrogens is 323 g/mol. The molecule has 1 saturated heterocycles. The molecule has 1 heterocycles. The highest BCUT2D eigenvalue weighted by atomic mass is 19.1. The van der Waals surface area contributed by atoms with E-state index in [0.29, 0.717) is 24.6 Å². The van der Waals surface area contributed by atoms with Gasteiger partial charge in [0.05, 0.1) is 5.92 Å². The smallest absolute Gasteiger partial charge is 0.229 e. The molecule has 1 aliphatic rings. The summed E-state index contributed by atoms with van der Waals surface area (Å²) < 4.78 is 18.6. The van der Waals surface area contributed by atoms with E-state index < -0.39 is 0 Å². The molecule has 1 fully saturated rings. The van der Waals surface area contributed by atoms with E-state index in [4.69, 9.17) is 4.74 Å². The van der Waals surface area contributed by atoms with Gasteiger partial charge in [-0.15, -0.1) is 0 Å². The molecule has 0 aliphatic carbocycles. The number of hydrogen-bond acceptors (Lipinski definition) is 3. The van der Waals surface area contributed by atoms with Crippen LogP contribution in [0.4, 0.5) is 10.1 Å². The maximum absolute atomic E-state index is 12.9. The van der Waals surface area contributed by atoms with Crippen molar-refractivity contribution in [2.75, 3.05) is 18.9 Å². The molecule has 2 aromatic carbocycles. The third kappa shape index (κ3) is 4.35. The molecule has 2 aromatic rings. The molecule has 1 unspecified atom stereocenters. The van der Waals surface area contributed by atoms with E-state index in [2.05, 4.69) is 5.32 Å². The van der Waals surface area contributed by atoms with Gasteiger partial charge in [0.25, 0.3) is 0 Å². The third-order valence-corrected chi connectivity index (χ3v) is 4.13. The Hall–Kier alpha value is -2.89. The van der Waals surface area contributed by atoms with Crippen LogP contribution in [-0.4, -0.2) is 30.3 Å². The second kappa shape index (κ2) is 7.34. The summed E-state index contributed by atoms with van der Waals surface area (Å²) in [6.45, 7) is 0.741. The van der Waals surface area contributed by atoms with Crippen LogP contribution in [0.2, 0.25) is 0 Å².